The third-order valence-electron chi connectivity index (χ3n) is 6.64. The van der Waals surface area contributed by atoms with Crippen molar-refractivity contribution in [1.82, 2.24) is 15.3 Å². The number of nitrogens with one attached hydrogen (secondary N) is 3. The Kier molecular flexibility index (Phi) is 12.5. The quantitative estimate of drug-likeness (QED) is 0.256. The minimum atomic E-state index is -5.08. The molecule has 2 aliphatic rings. The number of aromatic nitrogens is 2. The summed E-state index contributed by atoms with van der Waals surface area (Å²) in [5.74, 6) is -5.17. The van der Waals surface area contributed by atoms with Crippen molar-refractivity contribution < 1.29 is 50.9 Å². The first kappa shape index (κ1) is 35.8. The van der Waals surface area contributed by atoms with Crippen LogP contribution < -0.4 is 10.6 Å². The lowest BCUT2D eigenvalue weighted by Gasteiger charge is -2.33. The number of nitrogens with zero attached hydrogens (tertiary/aromatic N) is 2. The molecule has 5 N–H and O–H groups in total. The summed E-state index contributed by atoms with van der Waals surface area (Å²) in [4.78, 5) is 37.3. The molecule has 1 saturated heterocycles. The van der Waals surface area contributed by atoms with E-state index in [0.717, 1.165) is 36.9 Å². The molecule has 1 aromatic heterocycles. The molecular weight excluding hydrogens is 600 g/mol. The van der Waals surface area contributed by atoms with Gasteiger partial charge in [0.15, 0.2) is 5.82 Å². The summed E-state index contributed by atoms with van der Waals surface area (Å²) in [7, 11) is 0. The molecular formula is C28H31F6N5O5. The number of piperidine rings is 1. The Balaban J connectivity index is 0.000000402. The summed E-state index contributed by atoms with van der Waals surface area (Å²) < 4.78 is 63.5. The maximum absolute atomic E-state index is 12.7. The van der Waals surface area contributed by atoms with Crippen molar-refractivity contribution in [2.45, 2.75) is 82.7 Å². The third kappa shape index (κ3) is 11.0. The first-order chi connectivity index (χ1) is 20.4. The van der Waals surface area contributed by atoms with Gasteiger partial charge in [0.25, 0.3) is 5.91 Å². The summed E-state index contributed by atoms with van der Waals surface area (Å²) in [5, 5.41) is 29.8. The van der Waals surface area contributed by atoms with Crippen molar-refractivity contribution in [3.8, 4) is 6.07 Å². The fourth-order valence-corrected chi connectivity index (χ4v) is 4.79. The van der Waals surface area contributed by atoms with Crippen LogP contribution in [0.2, 0.25) is 0 Å². The van der Waals surface area contributed by atoms with Crippen molar-refractivity contribution in [3.63, 3.8) is 0 Å². The highest BCUT2D eigenvalue weighted by Crippen LogP contribution is 2.37. The van der Waals surface area contributed by atoms with Crippen molar-refractivity contribution in [2.24, 2.45) is 0 Å². The van der Waals surface area contributed by atoms with Crippen LogP contribution in [0, 0.1) is 11.3 Å². The van der Waals surface area contributed by atoms with E-state index in [0.29, 0.717) is 18.0 Å². The van der Waals surface area contributed by atoms with E-state index in [4.69, 9.17) is 25.1 Å². The van der Waals surface area contributed by atoms with E-state index in [9.17, 15) is 31.1 Å². The molecule has 1 unspecified atom stereocenters. The summed E-state index contributed by atoms with van der Waals surface area (Å²) in [6.45, 7) is 4.50. The lowest BCUT2D eigenvalue weighted by atomic mass is 9.82. The van der Waals surface area contributed by atoms with E-state index in [1.807, 2.05) is 12.1 Å². The minimum absolute atomic E-state index is 0.153. The number of rotatable bonds is 4. The van der Waals surface area contributed by atoms with Gasteiger partial charge in [-0.3, -0.25) is 4.79 Å². The normalized spacial score (nSPS) is 20.0. The predicted octanol–water partition coefficient (Wildman–Crippen LogP) is 6.00. The smallest absolute Gasteiger partial charge is 0.475 e. The summed E-state index contributed by atoms with van der Waals surface area (Å²) in [6, 6.07) is 9.44. The van der Waals surface area contributed by atoms with Crippen molar-refractivity contribution in [2.75, 3.05) is 5.32 Å². The zero-order valence-corrected chi connectivity index (χ0v) is 23.6. The first-order valence-electron chi connectivity index (χ1n) is 13.4. The molecule has 1 aliphatic heterocycles. The van der Waals surface area contributed by atoms with Crippen LogP contribution in [-0.4, -0.2) is 62.5 Å². The highest BCUT2D eigenvalue weighted by Gasteiger charge is 2.39. The molecule has 1 fully saturated rings. The van der Waals surface area contributed by atoms with Crippen LogP contribution >= 0.6 is 0 Å². The second-order valence-corrected chi connectivity index (χ2v) is 10.2. The molecule has 1 amide bonds. The van der Waals surface area contributed by atoms with E-state index in [-0.39, 0.29) is 17.4 Å². The number of imidazole rings is 1. The van der Waals surface area contributed by atoms with Crippen LogP contribution in [0.3, 0.4) is 0 Å². The Morgan fingerprint density at radius 2 is 1.57 bits per heavy atom. The molecule has 16 heteroatoms. The number of hydrogen-bond acceptors (Lipinski definition) is 6. The Bertz CT molecular complexity index is 1360. The highest BCUT2D eigenvalue weighted by atomic mass is 19.4. The maximum Gasteiger partial charge on any atom is 0.490 e. The number of aromatic amines is 1. The largest absolute Gasteiger partial charge is 0.490 e. The van der Waals surface area contributed by atoms with Crippen LogP contribution in [0.25, 0.3) is 5.57 Å². The van der Waals surface area contributed by atoms with E-state index in [2.05, 4.69) is 52.7 Å². The number of halogens is 6. The number of carbonyl (C=O) groups excluding carboxylic acids is 1. The summed E-state index contributed by atoms with van der Waals surface area (Å²) in [5.41, 5.74) is 4.86. The molecule has 240 valence electrons. The minimum Gasteiger partial charge on any atom is -0.475 e. The van der Waals surface area contributed by atoms with Crippen LogP contribution in [0.5, 0.6) is 0 Å². The van der Waals surface area contributed by atoms with Gasteiger partial charge in [-0.1, -0.05) is 12.1 Å². The van der Waals surface area contributed by atoms with Crippen LogP contribution in [-0.2, 0) is 9.59 Å². The number of alkyl halides is 6. The first-order valence-corrected chi connectivity index (χ1v) is 13.4. The predicted molar refractivity (Wildman–Crippen MR) is 146 cm³/mol. The molecule has 4 rings (SSSR count). The number of aliphatic carboxylic acids is 2. The van der Waals surface area contributed by atoms with Crippen molar-refractivity contribution in [1.29, 1.82) is 5.26 Å². The molecule has 44 heavy (non-hydrogen) atoms. The van der Waals surface area contributed by atoms with Gasteiger partial charge in [-0.2, -0.15) is 31.6 Å². The van der Waals surface area contributed by atoms with Gasteiger partial charge in [-0.25, -0.2) is 14.6 Å². The number of benzene rings is 1. The monoisotopic (exact) mass is 631 g/mol. The molecule has 1 aliphatic carbocycles. The van der Waals surface area contributed by atoms with Gasteiger partial charge in [-0.05, 0) is 81.6 Å². The number of anilines is 1. The average Bonchev–Trinajstić information content (AvgIpc) is 3.43. The van der Waals surface area contributed by atoms with Gasteiger partial charge in [0.05, 0.1) is 6.20 Å². The van der Waals surface area contributed by atoms with Crippen LogP contribution in [0.15, 0.2) is 30.5 Å². The van der Waals surface area contributed by atoms with E-state index < -0.39 is 24.3 Å². The highest BCUT2D eigenvalue weighted by molar-refractivity contribution is 6.03. The van der Waals surface area contributed by atoms with Crippen LogP contribution in [0.4, 0.5) is 32.0 Å². The van der Waals surface area contributed by atoms with Gasteiger partial charge >= 0.3 is 24.3 Å². The van der Waals surface area contributed by atoms with Gasteiger partial charge in [0, 0.05) is 23.3 Å². The second kappa shape index (κ2) is 15.4. The molecule has 1 aromatic carbocycles. The Morgan fingerprint density at radius 1 is 1.00 bits per heavy atom. The Morgan fingerprint density at radius 3 is 2.02 bits per heavy atom. The fourth-order valence-electron chi connectivity index (χ4n) is 4.79. The number of allylic oxidation sites excluding steroid dienone is 2. The number of carboxylic acids is 2. The molecule has 3 atom stereocenters. The molecule has 2 aromatic rings. The van der Waals surface area contributed by atoms with E-state index in [1.54, 1.807) is 0 Å². The average molecular weight is 632 g/mol. The lowest BCUT2D eigenvalue weighted by molar-refractivity contribution is -0.193. The molecule has 10 nitrogen and oxygen atoms in total. The van der Waals surface area contributed by atoms with Gasteiger partial charge < -0.3 is 25.8 Å². The summed E-state index contributed by atoms with van der Waals surface area (Å²) >= 11 is 0. The molecule has 0 spiro atoms. The third-order valence-corrected chi connectivity index (χ3v) is 6.64. The molecule has 0 saturated carbocycles. The number of H-pyrrole nitrogens is 1. The lowest BCUT2D eigenvalue weighted by Crippen LogP contribution is -2.41. The SMILES string of the molecule is C[C@@H]1CC(c2ccc(NC(=O)c3ncc(C#N)[nH]3)c(C3=CCCCC3)c2)C[C@H](C)N1.O=C(O)C(F)(F)F.O=C(O)C(F)(F)F. The maximum atomic E-state index is 12.7. The van der Waals surface area contributed by atoms with E-state index in [1.165, 1.54) is 30.2 Å². The number of carbonyl (C=O) groups is 3. The number of amides is 1. The second-order valence-electron chi connectivity index (χ2n) is 10.2. The molecule has 0 radical (unpaired) electrons. The summed E-state index contributed by atoms with van der Waals surface area (Å²) in [6.07, 6.45) is 0.277. The Hall–Kier alpha value is -4.39. The van der Waals surface area contributed by atoms with Crippen LogP contribution in [0.1, 0.15) is 85.7 Å². The number of hydrogen-bond donors (Lipinski definition) is 5. The molecule has 0 bridgehead atoms. The Labute approximate surface area is 248 Å². The zero-order chi connectivity index (χ0) is 33.2. The number of nitriles is 1. The number of carboxylic acid groups (broad SMARTS) is 2. The van der Waals surface area contributed by atoms with Gasteiger partial charge in [-0.15, -0.1) is 0 Å². The van der Waals surface area contributed by atoms with Crippen molar-refractivity contribution >= 4 is 29.1 Å². The van der Waals surface area contributed by atoms with Gasteiger partial charge in [0.2, 0.25) is 0 Å². The van der Waals surface area contributed by atoms with Gasteiger partial charge in [0.1, 0.15) is 11.8 Å². The molecule has 2 heterocycles. The zero-order valence-electron chi connectivity index (χ0n) is 23.6. The van der Waals surface area contributed by atoms with E-state index >= 15 is 0 Å². The van der Waals surface area contributed by atoms with Crippen molar-refractivity contribution in [3.05, 3.63) is 53.1 Å². The topological polar surface area (TPSA) is 168 Å². The fraction of sp³-hybridized carbons (Fsp3) is 0.464. The standard InChI is InChI=1S/C24H29N5O.2C2HF3O2/c1-15-10-19(11-16(2)27-15)18-8-9-22(21(12-18)17-6-4-3-5-7-17)29-24(30)23-26-14-20(13-25)28-23;2*3-2(4,5)1(6)7/h6,8-9,12,14-16,19,27H,3-5,7,10-11H2,1-2H3,(H,26,28)(H,29,30);2*(H,6,7)/t15-,16+,19?;;.